The van der Waals surface area contributed by atoms with E-state index in [9.17, 15) is 8.42 Å². The minimum absolute atomic E-state index is 0.0444. The molecule has 1 heterocycles. The molecule has 8 heteroatoms. The maximum Gasteiger partial charge on any atom is 0.173 e. The van der Waals surface area contributed by atoms with E-state index in [0.29, 0.717) is 17.9 Å². The number of methoxy groups -OCH3 is 1. The van der Waals surface area contributed by atoms with Crippen LogP contribution in [0.25, 0.3) is 0 Å². The van der Waals surface area contributed by atoms with Gasteiger partial charge in [0.25, 0.3) is 0 Å². The summed E-state index contributed by atoms with van der Waals surface area (Å²) in [6.45, 7) is 0.459. The molecule has 2 rings (SSSR count). The normalized spacial score (nSPS) is 20.6. The highest BCUT2D eigenvalue weighted by atomic mass is 32.2. The number of ether oxygens (including phenoxy) is 1. The Morgan fingerprint density at radius 1 is 1.57 bits per heavy atom. The molecule has 4 N–H and O–H groups in total. The molecule has 0 aromatic heterocycles. The van der Waals surface area contributed by atoms with E-state index in [4.69, 9.17) is 15.7 Å². The number of oxime groups is 1. The van der Waals surface area contributed by atoms with Crippen molar-refractivity contribution in [2.24, 2.45) is 10.9 Å². The van der Waals surface area contributed by atoms with Gasteiger partial charge in [-0.1, -0.05) is 17.3 Å². The number of nitrogens with one attached hydrogen (secondary N) is 1. The van der Waals surface area contributed by atoms with Gasteiger partial charge in [0.15, 0.2) is 15.7 Å². The molecule has 0 fully saturated rings. The lowest BCUT2D eigenvalue weighted by Crippen LogP contribution is -2.29. The fourth-order valence-corrected chi connectivity index (χ4v) is 3.34. The number of nitrogens with two attached hydrogens (primary N) is 1. The van der Waals surface area contributed by atoms with E-state index in [1.54, 1.807) is 18.2 Å². The van der Waals surface area contributed by atoms with Crippen molar-refractivity contribution in [3.05, 3.63) is 40.8 Å². The molecule has 1 aromatic rings. The van der Waals surface area contributed by atoms with Crippen LogP contribution < -0.4 is 15.8 Å². The van der Waals surface area contributed by atoms with Crippen LogP contribution in [-0.4, -0.2) is 38.4 Å². The van der Waals surface area contributed by atoms with Crippen LogP contribution in [0.2, 0.25) is 0 Å². The monoisotopic (exact) mass is 311 g/mol. The Kier molecular flexibility index (Phi) is 4.49. The third-order valence-electron chi connectivity index (χ3n) is 3.15. The van der Waals surface area contributed by atoms with Crippen LogP contribution in [0.15, 0.2) is 34.8 Å². The average Bonchev–Trinajstić information content (AvgIpc) is 2.83. The van der Waals surface area contributed by atoms with Crippen molar-refractivity contribution in [2.45, 2.75) is 12.6 Å². The molecule has 1 aliphatic rings. The van der Waals surface area contributed by atoms with E-state index >= 15 is 0 Å². The first-order chi connectivity index (χ1) is 9.95. The van der Waals surface area contributed by atoms with Gasteiger partial charge in [-0.15, -0.1) is 0 Å². The van der Waals surface area contributed by atoms with E-state index in [0.717, 1.165) is 5.56 Å². The van der Waals surface area contributed by atoms with Crippen LogP contribution in [0.5, 0.6) is 5.75 Å². The molecule has 0 spiro atoms. The van der Waals surface area contributed by atoms with Gasteiger partial charge in [-0.2, -0.15) is 0 Å². The van der Waals surface area contributed by atoms with Crippen molar-refractivity contribution in [3.63, 3.8) is 0 Å². The first kappa shape index (κ1) is 15.3. The number of benzene rings is 1. The van der Waals surface area contributed by atoms with Gasteiger partial charge in [0.1, 0.15) is 5.75 Å². The standard InChI is InChI=1S/C13H17N3O4S/c1-20-12-3-2-9(6-11(12)13(14)16-17)7-15-10-4-5-21(18,19)8-10/h2-6,10,15,17H,7-8H2,1H3,(H2,14,16). The summed E-state index contributed by atoms with van der Waals surface area (Å²) in [5, 5.41) is 16.1. The van der Waals surface area contributed by atoms with Crippen molar-refractivity contribution in [1.82, 2.24) is 5.32 Å². The maximum absolute atomic E-state index is 11.3. The van der Waals surface area contributed by atoms with Gasteiger partial charge in [0, 0.05) is 18.0 Å². The Balaban J connectivity index is 2.09. The second-order valence-electron chi connectivity index (χ2n) is 4.67. The molecule has 1 atom stereocenters. The Bertz CT molecular complexity index is 683. The van der Waals surface area contributed by atoms with E-state index in [2.05, 4.69) is 10.5 Å². The van der Waals surface area contributed by atoms with Crippen molar-refractivity contribution in [3.8, 4) is 5.75 Å². The molecular formula is C13H17N3O4S. The van der Waals surface area contributed by atoms with Crippen LogP contribution in [-0.2, 0) is 16.4 Å². The van der Waals surface area contributed by atoms with Gasteiger partial charge in [0.05, 0.1) is 18.4 Å². The Hall–Kier alpha value is -2.06. The molecule has 7 nitrogen and oxygen atoms in total. The van der Waals surface area contributed by atoms with E-state index in [1.807, 2.05) is 6.07 Å². The Labute approximate surface area is 123 Å². The van der Waals surface area contributed by atoms with Crippen LogP contribution in [0.1, 0.15) is 11.1 Å². The van der Waals surface area contributed by atoms with Crippen molar-refractivity contribution < 1.29 is 18.4 Å². The summed E-state index contributed by atoms with van der Waals surface area (Å²) in [5.74, 6) is 0.519. The minimum Gasteiger partial charge on any atom is -0.496 e. The summed E-state index contributed by atoms with van der Waals surface area (Å²) in [6, 6.07) is 5.07. The van der Waals surface area contributed by atoms with Crippen LogP contribution in [0.4, 0.5) is 0 Å². The highest BCUT2D eigenvalue weighted by Crippen LogP contribution is 2.20. The number of nitrogens with zero attached hydrogens (tertiary/aromatic N) is 1. The number of rotatable bonds is 5. The summed E-state index contributed by atoms with van der Waals surface area (Å²) in [6.07, 6.45) is 1.63. The second-order valence-corrected chi connectivity index (χ2v) is 6.60. The molecule has 1 aliphatic heterocycles. The molecular weight excluding hydrogens is 294 g/mol. The van der Waals surface area contributed by atoms with Gasteiger partial charge in [-0.3, -0.25) is 0 Å². The SMILES string of the molecule is COc1ccc(CNC2C=CS(=O)(=O)C2)cc1C(N)=NO. The lowest BCUT2D eigenvalue weighted by molar-refractivity contribution is 0.318. The predicted octanol–water partition coefficient (Wildman–Crippen LogP) is 0.190. The van der Waals surface area contributed by atoms with Gasteiger partial charge in [0.2, 0.25) is 0 Å². The Morgan fingerprint density at radius 2 is 2.33 bits per heavy atom. The fraction of sp³-hybridized carbons (Fsp3) is 0.308. The number of amidine groups is 1. The zero-order valence-electron chi connectivity index (χ0n) is 11.5. The number of sulfone groups is 1. The van der Waals surface area contributed by atoms with Crippen molar-refractivity contribution in [1.29, 1.82) is 0 Å². The first-order valence-corrected chi connectivity index (χ1v) is 7.96. The number of hydrogen-bond donors (Lipinski definition) is 3. The third kappa shape index (κ3) is 3.73. The van der Waals surface area contributed by atoms with E-state index in [1.165, 1.54) is 12.5 Å². The molecule has 0 aliphatic carbocycles. The van der Waals surface area contributed by atoms with E-state index < -0.39 is 9.84 Å². The van der Waals surface area contributed by atoms with Crippen LogP contribution >= 0.6 is 0 Å². The van der Waals surface area contributed by atoms with E-state index in [-0.39, 0.29) is 17.6 Å². The quantitative estimate of drug-likeness (QED) is 0.309. The smallest absolute Gasteiger partial charge is 0.173 e. The zero-order valence-corrected chi connectivity index (χ0v) is 12.3. The topological polar surface area (TPSA) is 114 Å². The molecule has 1 unspecified atom stereocenters. The van der Waals surface area contributed by atoms with Crippen molar-refractivity contribution in [2.75, 3.05) is 12.9 Å². The average molecular weight is 311 g/mol. The first-order valence-electron chi connectivity index (χ1n) is 6.24. The molecule has 21 heavy (non-hydrogen) atoms. The highest BCUT2D eigenvalue weighted by molar-refractivity contribution is 7.94. The fourth-order valence-electron chi connectivity index (χ4n) is 2.07. The summed E-state index contributed by atoms with van der Waals surface area (Å²) in [4.78, 5) is 0. The van der Waals surface area contributed by atoms with Gasteiger partial charge >= 0.3 is 0 Å². The van der Waals surface area contributed by atoms with Gasteiger partial charge in [-0.25, -0.2) is 8.42 Å². The summed E-state index contributed by atoms with van der Waals surface area (Å²) in [5.41, 5.74) is 6.95. The molecule has 0 saturated heterocycles. The third-order valence-corrected chi connectivity index (χ3v) is 4.54. The predicted molar refractivity (Wildman–Crippen MR) is 79.1 cm³/mol. The van der Waals surface area contributed by atoms with Gasteiger partial charge < -0.3 is 21.0 Å². The minimum atomic E-state index is -3.07. The second kappa shape index (κ2) is 6.15. The highest BCUT2D eigenvalue weighted by Gasteiger charge is 2.21. The summed E-state index contributed by atoms with van der Waals surface area (Å²) in [7, 11) is -1.58. The number of hydrogen-bond acceptors (Lipinski definition) is 6. The summed E-state index contributed by atoms with van der Waals surface area (Å²) < 4.78 is 27.8. The molecule has 0 radical (unpaired) electrons. The van der Waals surface area contributed by atoms with Gasteiger partial charge in [-0.05, 0) is 17.7 Å². The Morgan fingerprint density at radius 3 is 2.90 bits per heavy atom. The maximum atomic E-state index is 11.3. The summed E-state index contributed by atoms with van der Waals surface area (Å²) >= 11 is 0. The van der Waals surface area contributed by atoms with Crippen LogP contribution in [0, 0.1) is 0 Å². The van der Waals surface area contributed by atoms with Crippen molar-refractivity contribution >= 4 is 15.7 Å². The molecule has 114 valence electrons. The lowest BCUT2D eigenvalue weighted by Gasteiger charge is -2.12. The zero-order chi connectivity index (χ0) is 15.5. The van der Waals surface area contributed by atoms with Crippen LogP contribution in [0.3, 0.4) is 0 Å². The molecule has 0 saturated carbocycles. The molecule has 0 amide bonds. The molecule has 1 aromatic carbocycles. The lowest BCUT2D eigenvalue weighted by atomic mass is 10.1. The largest absolute Gasteiger partial charge is 0.496 e. The molecule has 0 bridgehead atoms.